The van der Waals surface area contributed by atoms with Crippen molar-refractivity contribution in [2.75, 3.05) is 30.0 Å². The van der Waals surface area contributed by atoms with Gasteiger partial charge in [0, 0.05) is 11.8 Å². The fourth-order valence-electron chi connectivity index (χ4n) is 3.90. The molecular weight excluding hydrogens is 444 g/mol. The van der Waals surface area contributed by atoms with Gasteiger partial charge in [-0.2, -0.15) is 0 Å². The lowest BCUT2D eigenvalue weighted by Gasteiger charge is -2.33. The standard InChI is InChI=1S/C28H30N2O5/c1-18-7-5-9-23(15-18)33-14-13-30-24-12-11-22(16-26(24)35-21(4)28(30)32)29-27(31)17-34-25-10-6-8-19(2)20(25)3/h5-12,15-16,21H,13-14,17H2,1-4H3,(H,29,31). The molecule has 0 spiro atoms. The molecule has 3 aromatic carbocycles. The van der Waals surface area contributed by atoms with Crippen LogP contribution in [0, 0.1) is 20.8 Å². The van der Waals surface area contributed by atoms with Crippen molar-refractivity contribution < 1.29 is 23.8 Å². The van der Waals surface area contributed by atoms with Crippen LogP contribution >= 0.6 is 0 Å². The molecule has 2 amide bonds. The highest BCUT2D eigenvalue weighted by Crippen LogP contribution is 2.36. The second-order valence-electron chi connectivity index (χ2n) is 8.63. The molecule has 7 heteroatoms. The summed E-state index contributed by atoms with van der Waals surface area (Å²) in [5, 5.41) is 2.84. The molecule has 0 aromatic heterocycles. The van der Waals surface area contributed by atoms with Gasteiger partial charge in [0.15, 0.2) is 12.7 Å². The minimum atomic E-state index is -0.639. The lowest BCUT2D eigenvalue weighted by molar-refractivity contribution is -0.125. The van der Waals surface area contributed by atoms with Crippen LogP contribution in [0.2, 0.25) is 0 Å². The molecule has 0 saturated carbocycles. The molecule has 0 bridgehead atoms. The summed E-state index contributed by atoms with van der Waals surface area (Å²) >= 11 is 0. The third-order valence-electron chi connectivity index (χ3n) is 5.94. The zero-order valence-corrected chi connectivity index (χ0v) is 20.5. The highest BCUT2D eigenvalue weighted by atomic mass is 16.5. The van der Waals surface area contributed by atoms with Crippen molar-refractivity contribution in [3.8, 4) is 17.2 Å². The summed E-state index contributed by atoms with van der Waals surface area (Å²) in [6, 6.07) is 18.8. The van der Waals surface area contributed by atoms with E-state index in [0.717, 1.165) is 22.4 Å². The minimum absolute atomic E-state index is 0.112. The first-order valence-corrected chi connectivity index (χ1v) is 11.6. The quantitative estimate of drug-likeness (QED) is 0.506. The molecule has 1 atom stereocenters. The van der Waals surface area contributed by atoms with Crippen molar-refractivity contribution in [3.63, 3.8) is 0 Å². The van der Waals surface area contributed by atoms with E-state index in [1.807, 2.05) is 63.2 Å². The Morgan fingerprint density at radius 1 is 1.03 bits per heavy atom. The molecule has 1 aliphatic rings. The third-order valence-corrected chi connectivity index (χ3v) is 5.94. The molecule has 0 saturated heterocycles. The zero-order valence-electron chi connectivity index (χ0n) is 20.5. The number of amides is 2. The molecule has 0 fully saturated rings. The Morgan fingerprint density at radius 2 is 1.83 bits per heavy atom. The van der Waals surface area contributed by atoms with Gasteiger partial charge in [-0.3, -0.25) is 9.59 Å². The van der Waals surface area contributed by atoms with Crippen LogP contribution in [-0.2, 0) is 9.59 Å². The van der Waals surface area contributed by atoms with E-state index in [9.17, 15) is 9.59 Å². The van der Waals surface area contributed by atoms with E-state index in [-0.39, 0.29) is 18.4 Å². The molecule has 4 rings (SSSR count). The van der Waals surface area contributed by atoms with Crippen LogP contribution in [0.1, 0.15) is 23.6 Å². The van der Waals surface area contributed by atoms with Gasteiger partial charge in [0.2, 0.25) is 0 Å². The fraction of sp³-hybridized carbons (Fsp3) is 0.286. The van der Waals surface area contributed by atoms with Gasteiger partial charge in [0.05, 0.1) is 12.2 Å². The number of ether oxygens (including phenoxy) is 3. The lowest BCUT2D eigenvalue weighted by Crippen LogP contribution is -2.46. The topological polar surface area (TPSA) is 77.1 Å². The zero-order chi connectivity index (χ0) is 24.9. The minimum Gasteiger partial charge on any atom is -0.492 e. The molecule has 1 N–H and O–H groups in total. The van der Waals surface area contributed by atoms with E-state index in [4.69, 9.17) is 14.2 Å². The Bertz CT molecular complexity index is 1240. The highest BCUT2D eigenvalue weighted by Gasteiger charge is 2.31. The van der Waals surface area contributed by atoms with Crippen LogP contribution in [0.5, 0.6) is 17.2 Å². The SMILES string of the molecule is Cc1cccc(OCCN2C(=O)C(C)Oc3cc(NC(=O)COc4cccc(C)c4C)ccc32)c1. The number of benzene rings is 3. The van der Waals surface area contributed by atoms with E-state index >= 15 is 0 Å². The van der Waals surface area contributed by atoms with Crippen molar-refractivity contribution in [2.24, 2.45) is 0 Å². The van der Waals surface area contributed by atoms with Crippen LogP contribution in [0.4, 0.5) is 11.4 Å². The first-order valence-electron chi connectivity index (χ1n) is 11.6. The van der Waals surface area contributed by atoms with Gasteiger partial charge in [-0.15, -0.1) is 0 Å². The number of hydrogen-bond acceptors (Lipinski definition) is 5. The van der Waals surface area contributed by atoms with Crippen molar-refractivity contribution in [1.82, 2.24) is 0 Å². The predicted octanol–water partition coefficient (Wildman–Crippen LogP) is 4.82. The van der Waals surface area contributed by atoms with Gasteiger partial charge in [0.1, 0.15) is 23.9 Å². The summed E-state index contributed by atoms with van der Waals surface area (Å²) in [5.41, 5.74) is 4.43. The molecule has 1 heterocycles. The van der Waals surface area contributed by atoms with E-state index in [0.29, 0.717) is 36.0 Å². The Hall–Kier alpha value is -4.00. The number of rotatable bonds is 8. The molecule has 7 nitrogen and oxygen atoms in total. The predicted molar refractivity (Wildman–Crippen MR) is 136 cm³/mol. The molecule has 35 heavy (non-hydrogen) atoms. The van der Waals surface area contributed by atoms with E-state index < -0.39 is 6.10 Å². The average Bonchev–Trinajstić information content (AvgIpc) is 2.82. The van der Waals surface area contributed by atoms with E-state index in [1.54, 1.807) is 30.0 Å². The summed E-state index contributed by atoms with van der Waals surface area (Å²) in [6.07, 6.45) is -0.639. The lowest BCUT2D eigenvalue weighted by atomic mass is 10.1. The second-order valence-corrected chi connectivity index (χ2v) is 8.63. The summed E-state index contributed by atoms with van der Waals surface area (Å²) in [6.45, 7) is 8.28. The number of carbonyl (C=O) groups excluding carboxylic acids is 2. The number of fused-ring (bicyclic) bond motifs is 1. The largest absolute Gasteiger partial charge is 0.492 e. The fourth-order valence-corrected chi connectivity index (χ4v) is 3.90. The van der Waals surface area contributed by atoms with Crippen LogP contribution in [0.15, 0.2) is 60.7 Å². The molecule has 3 aromatic rings. The Balaban J connectivity index is 1.39. The van der Waals surface area contributed by atoms with Gasteiger partial charge in [-0.25, -0.2) is 0 Å². The first-order chi connectivity index (χ1) is 16.8. The normalized spacial score (nSPS) is 14.7. The Morgan fingerprint density at radius 3 is 2.63 bits per heavy atom. The van der Waals surface area contributed by atoms with Crippen molar-refractivity contribution in [3.05, 3.63) is 77.4 Å². The average molecular weight is 475 g/mol. The van der Waals surface area contributed by atoms with Crippen LogP contribution in [-0.4, -0.2) is 37.7 Å². The van der Waals surface area contributed by atoms with Gasteiger partial charge in [0.25, 0.3) is 11.8 Å². The molecule has 1 unspecified atom stereocenters. The summed E-state index contributed by atoms with van der Waals surface area (Å²) in [4.78, 5) is 26.9. The molecule has 0 aliphatic carbocycles. The number of anilines is 2. The van der Waals surface area contributed by atoms with Gasteiger partial charge < -0.3 is 24.4 Å². The maximum atomic E-state index is 12.8. The highest BCUT2D eigenvalue weighted by molar-refractivity contribution is 6.00. The number of carbonyl (C=O) groups is 2. The van der Waals surface area contributed by atoms with Crippen molar-refractivity contribution in [2.45, 2.75) is 33.8 Å². The maximum Gasteiger partial charge on any atom is 0.267 e. The number of nitrogens with one attached hydrogen (secondary N) is 1. The van der Waals surface area contributed by atoms with Crippen LogP contribution in [0.3, 0.4) is 0 Å². The number of hydrogen-bond donors (Lipinski definition) is 1. The third kappa shape index (κ3) is 5.74. The van der Waals surface area contributed by atoms with Gasteiger partial charge in [-0.05, 0) is 74.7 Å². The number of aryl methyl sites for hydroxylation is 2. The van der Waals surface area contributed by atoms with Crippen molar-refractivity contribution in [1.29, 1.82) is 0 Å². The Labute approximate surface area is 205 Å². The Kier molecular flexibility index (Phi) is 7.25. The monoisotopic (exact) mass is 474 g/mol. The first kappa shape index (κ1) is 24.1. The molecule has 1 aliphatic heterocycles. The second kappa shape index (κ2) is 10.5. The van der Waals surface area contributed by atoms with Crippen LogP contribution < -0.4 is 24.4 Å². The molecule has 0 radical (unpaired) electrons. The maximum absolute atomic E-state index is 12.8. The smallest absolute Gasteiger partial charge is 0.267 e. The summed E-state index contributed by atoms with van der Waals surface area (Å²) in [5.74, 6) is 1.56. The summed E-state index contributed by atoms with van der Waals surface area (Å²) < 4.78 is 17.3. The van der Waals surface area contributed by atoms with Gasteiger partial charge in [-0.1, -0.05) is 24.3 Å². The van der Waals surface area contributed by atoms with Crippen molar-refractivity contribution >= 4 is 23.2 Å². The molecular formula is C28H30N2O5. The van der Waals surface area contributed by atoms with Gasteiger partial charge >= 0.3 is 0 Å². The summed E-state index contributed by atoms with van der Waals surface area (Å²) in [7, 11) is 0. The van der Waals surface area contributed by atoms with Crippen LogP contribution in [0.25, 0.3) is 0 Å². The van der Waals surface area contributed by atoms with E-state index in [1.165, 1.54) is 0 Å². The number of nitrogens with zero attached hydrogens (tertiary/aromatic N) is 1. The molecule has 182 valence electrons. The van der Waals surface area contributed by atoms with E-state index in [2.05, 4.69) is 5.32 Å².